The van der Waals surface area contributed by atoms with E-state index in [-0.39, 0.29) is 18.4 Å². The van der Waals surface area contributed by atoms with Gasteiger partial charge in [-0.05, 0) is 24.6 Å². The van der Waals surface area contributed by atoms with Gasteiger partial charge in [-0.1, -0.05) is 0 Å². The second-order valence-electron chi connectivity index (χ2n) is 6.53. The Morgan fingerprint density at radius 1 is 1.21 bits per heavy atom. The third kappa shape index (κ3) is 2.97. The molecule has 2 amide bonds. The molecular weight excluding hydrogens is 308 g/mol. The molecule has 3 heterocycles. The lowest BCUT2D eigenvalue weighted by Gasteiger charge is -2.32. The maximum atomic E-state index is 12.8. The first-order valence-corrected chi connectivity index (χ1v) is 8.51. The lowest BCUT2D eigenvalue weighted by Crippen LogP contribution is -2.49. The number of benzene rings is 1. The number of carbonyl (C=O) groups excluding carboxylic acids is 2. The van der Waals surface area contributed by atoms with Crippen LogP contribution in [-0.2, 0) is 4.79 Å². The predicted molar refractivity (Wildman–Crippen MR) is 89.3 cm³/mol. The molecule has 24 heavy (non-hydrogen) atoms. The topological polar surface area (TPSA) is 73.9 Å². The van der Waals surface area contributed by atoms with E-state index >= 15 is 0 Å². The Balaban J connectivity index is 1.43. The van der Waals surface area contributed by atoms with Crippen LogP contribution in [0.3, 0.4) is 0 Å². The number of likely N-dealkylation sites (tertiary alicyclic amines) is 1. The summed E-state index contributed by atoms with van der Waals surface area (Å²) in [6, 6.07) is 5.69. The van der Waals surface area contributed by atoms with Crippen molar-refractivity contribution in [1.82, 2.24) is 15.1 Å². The van der Waals surface area contributed by atoms with Gasteiger partial charge < -0.3 is 20.3 Å². The first kappa shape index (κ1) is 15.4. The Hall–Kier alpha value is -2.12. The van der Waals surface area contributed by atoms with Gasteiger partial charge in [-0.15, -0.1) is 0 Å². The lowest BCUT2D eigenvalue weighted by molar-refractivity contribution is -0.118. The Labute approximate surface area is 140 Å². The number of rotatable bonds is 2. The van der Waals surface area contributed by atoms with Crippen molar-refractivity contribution < 1.29 is 14.3 Å². The van der Waals surface area contributed by atoms with Crippen LogP contribution in [0, 0.1) is 0 Å². The minimum Gasteiger partial charge on any atom is -0.482 e. The molecule has 128 valence electrons. The smallest absolute Gasteiger partial charge is 0.262 e. The van der Waals surface area contributed by atoms with Gasteiger partial charge in [0.25, 0.3) is 11.8 Å². The molecule has 0 bridgehead atoms. The zero-order valence-corrected chi connectivity index (χ0v) is 13.6. The van der Waals surface area contributed by atoms with Crippen molar-refractivity contribution in [2.24, 2.45) is 0 Å². The van der Waals surface area contributed by atoms with E-state index in [0.29, 0.717) is 23.0 Å². The molecule has 0 spiro atoms. The molecule has 4 rings (SSSR count). The summed E-state index contributed by atoms with van der Waals surface area (Å²) in [6.07, 6.45) is 1.03. The van der Waals surface area contributed by atoms with E-state index in [1.54, 1.807) is 18.2 Å². The van der Waals surface area contributed by atoms with Crippen molar-refractivity contribution in [3.63, 3.8) is 0 Å². The summed E-state index contributed by atoms with van der Waals surface area (Å²) in [5, 5.41) is 6.11. The molecule has 7 heteroatoms. The maximum absolute atomic E-state index is 12.8. The summed E-state index contributed by atoms with van der Waals surface area (Å²) >= 11 is 0. The molecule has 1 aromatic rings. The third-order valence-corrected chi connectivity index (χ3v) is 4.98. The molecule has 0 aliphatic carbocycles. The van der Waals surface area contributed by atoms with E-state index < -0.39 is 0 Å². The first-order valence-electron chi connectivity index (χ1n) is 8.51. The van der Waals surface area contributed by atoms with Gasteiger partial charge in [-0.25, -0.2) is 0 Å². The number of anilines is 1. The lowest BCUT2D eigenvalue weighted by atomic mass is 10.1. The van der Waals surface area contributed by atoms with Crippen LogP contribution in [0.4, 0.5) is 5.69 Å². The molecule has 3 aliphatic heterocycles. The maximum Gasteiger partial charge on any atom is 0.262 e. The van der Waals surface area contributed by atoms with Gasteiger partial charge in [0.2, 0.25) is 0 Å². The molecule has 7 nitrogen and oxygen atoms in total. The molecule has 0 saturated carbocycles. The molecule has 2 fully saturated rings. The first-order chi connectivity index (χ1) is 11.7. The Bertz CT molecular complexity index is 657. The average Bonchev–Trinajstić information content (AvgIpc) is 3.11. The van der Waals surface area contributed by atoms with Crippen molar-refractivity contribution in [2.75, 3.05) is 51.2 Å². The number of piperazine rings is 1. The summed E-state index contributed by atoms with van der Waals surface area (Å²) in [4.78, 5) is 28.5. The Morgan fingerprint density at radius 3 is 2.88 bits per heavy atom. The molecule has 2 saturated heterocycles. The van der Waals surface area contributed by atoms with Crippen LogP contribution >= 0.6 is 0 Å². The molecule has 0 aromatic heterocycles. The zero-order chi connectivity index (χ0) is 16.5. The summed E-state index contributed by atoms with van der Waals surface area (Å²) < 4.78 is 5.41. The van der Waals surface area contributed by atoms with Crippen molar-refractivity contribution >= 4 is 17.5 Å². The molecule has 1 aromatic carbocycles. The van der Waals surface area contributed by atoms with Crippen LogP contribution in [0.1, 0.15) is 16.8 Å². The van der Waals surface area contributed by atoms with E-state index in [9.17, 15) is 9.59 Å². The fraction of sp³-hybridized carbons (Fsp3) is 0.529. The van der Waals surface area contributed by atoms with E-state index in [1.165, 1.54) is 0 Å². The number of amides is 2. The molecule has 1 unspecified atom stereocenters. The quantitative estimate of drug-likeness (QED) is 0.807. The second-order valence-corrected chi connectivity index (χ2v) is 6.53. The molecular formula is C17H22N4O3. The fourth-order valence-corrected chi connectivity index (χ4v) is 3.66. The Kier molecular flexibility index (Phi) is 4.12. The highest BCUT2D eigenvalue weighted by atomic mass is 16.5. The van der Waals surface area contributed by atoms with Crippen molar-refractivity contribution in [3.8, 4) is 5.75 Å². The zero-order valence-electron chi connectivity index (χ0n) is 13.6. The fourth-order valence-electron chi connectivity index (χ4n) is 3.66. The highest BCUT2D eigenvalue weighted by molar-refractivity contribution is 5.99. The number of carbonyl (C=O) groups is 2. The van der Waals surface area contributed by atoms with Gasteiger partial charge >= 0.3 is 0 Å². The summed E-state index contributed by atoms with van der Waals surface area (Å²) in [6.45, 7) is 5.74. The summed E-state index contributed by atoms with van der Waals surface area (Å²) in [5.41, 5.74) is 1.24. The van der Waals surface area contributed by atoms with Crippen LogP contribution in [0.5, 0.6) is 5.75 Å². The van der Waals surface area contributed by atoms with Gasteiger partial charge in [0.1, 0.15) is 5.75 Å². The van der Waals surface area contributed by atoms with Gasteiger partial charge in [0.15, 0.2) is 6.61 Å². The normalized spacial score (nSPS) is 24.2. The highest BCUT2D eigenvalue weighted by Crippen LogP contribution is 2.29. The second kappa shape index (κ2) is 6.41. The van der Waals surface area contributed by atoms with Crippen LogP contribution in [0.25, 0.3) is 0 Å². The Morgan fingerprint density at radius 2 is 2.04 bits per heavy atom. The van der Waals surface area contributed by atoms with Gasteiger partial charge in [0, 0.05) is 50.9 Å². The average molecular weight is 330 g/mol. The van der Waals surface area contributed by atoms with Crippen LogP contribution in [0.2, 0.25) is 0 Å². The number of hydrogen-bond donors (Lipinski definition) is 2. The number of nitrogens with zero attached hydrogens (tertiary/aromatic N) is 2. The number of ether oxygens (including phenoxy) is 1. The molecule has 1 atom stereocenters. The predicted octanol–water partition coefficient (Wildman–Crippen LogP) is 0.137. The largest absolute Gasteiger partial charge is 0.482 e. The van der Waals surface area contributed by atoms with E-state index in [1.807, 2.05) is 4.90 Å². The van der Waals surface area contributed by atoms with Crippen LogP contribution in [-0.4, -0.2) is 73.5 Å². The standard InChI is InChI=1S/C17H22N4O3/c22-16-11-24-15-9-12(1-2-14(15)19-16)17(23)21-6-3-13(10-21)20-7-4-18-5-8-20/h1-2,9,13,18H,3-8,10-11H2,(H,19,22). The number of hydrogen-bond acceptors (Lipinski definition) is 5. The third-order valence-electron chi connectivity index (χ3n) is 4.98. The van der Waals surface area contributed by atoms with Crippen molar-refractivity contribution in [2.45, 2.75) is 12.5 Å². The van der Waals surface area contributed by atoms with Crippen LogP contribution < -0.4 is 15.4 Å². The molecule has 2 N–H and O–H groups in total. The van der Waals surface area contributed by atoms with Crippen molar-refractivity contribution in [1.29, 1.82) is 0 Å². The van der Waals surface area contributed by atoms with E-state index in [2.05, 4.69) is 15.5 Å². The van der Waals surface area contributed by atoms with Crippen molar-refractivity contribution in [3.05, 3.63) is 23.8 Å². The van der Waals surface area contributed by atoms with E-state index in [4.69, 9.17) is 4.74 Å². The number of fused-ring (bicyclic) bond motifs is 1. The minimum absolute atomic E-state index is 0.000568. The number of nitrogens with one attached hydrogen (secondary N) is 2. The van der Waals surface area contributed by atoms with Crippen LogP contribution in [0.15, 0.2) is 18.2 Å². The monoisotopic (exact) mass is 330 g/mol. The summed E-state index contributed by atoms with van der Waals surface area (Å²) in [5.74, 6) is 0.439. The van der Waals surface area contributed by atoms with Gasteiger partial charge in [0.05, 0.1) is 5.69 Å². The highest BCUT2D eigenvalue weighted by Gasteiger charge is 2.31. The molecule has 3 aliphatic rings. The van der Waals surface area contributed by atoms with Gasteiger partial charge in [-0.3, -0.25) is 14.5 Å². The van der Waals surface area contributed by atoms with E-state index in [0.717, 1.165) is 45.7 Å². The minimum atomic E-state index is -0.167. The molecule has 0 radical (unpaired) electrons. The van der Waals surface area contributed by atoms with Gasteiger partial charge in [-0.2, -0.15) is 0 Å². The summed E-state index contributed by atoms with van der Waals surface area (Å²) in [7, 11) is 0. The SMILES string of the molecule is O=C1COc2cc(C(=O)N3CCC(N4CCNCC4)C3)ccc2N1.